The molecule has 5 rings (SSSR count). The van der Waals surface area contributed by atoms with Gasteiger partial charge in [-0.3, -0.25) is 14.2 Å². The van der Waals surface area contributed by atoms with Crippen molar-refractivity contribution < 1.29 is 4.79 Å². The maximum absolute atomic E-state index is 12.8. The predicted octanol–water partition coefficient (Wildman–Crippen LogP) is 3.82. The van der Waals surface area contributed by atoms with Gasteiger partial charge in [-0.15, -0.1) is 0 Å². The van der Waals surface area contributed by atoms with Crippen molar-refractivity contribution in [1.82, 2.24) is 34.3 Å². The molecule has 9 heteroatoms. The van der Waals surface area contributed by atoms with Crippen LogP contribution in [0.5, 0.6) is 0 Å². The molecule has 0 unspecified atom stereocenters. The van der Waals surface area contributed by atoms with Crippen LogP contribution in [0.4, 0.5) is 5.69 Å². The van der Waals surface area contributed by atoms with E-state index >= 15 is 0 Å². The van der Waals surface area contributed by atoms with Crippen molar-refractivity contribution in [3.8, 4) is 11.1 Å². The van der Waals surface area contributed by atoms with Crippen LogP contribution in [-0.2, 0) is 24.4 Å². The van der Waals surface area contributed by atoms with Crippen LogP contribution in [0.3, 0.4) is 0 Å². The second kappa shape index (κ2) is 8.93. The molecule has 0 radical (unpaired) electrons. The van der Waals surface area contributed by atoms with Crippen LogP contribution >= 0.6 is 0 Å². The number of hydrogen-bond donors (Lipinski definition) is 1. The summed E-state index contributed by atoms with van der Waals surface area (Å²) in [5.74, 6) is -0.189. The van der Waals surface area contributed by atoms with Gasteiger partial charge in [-0.25, -0.2) is 9.67 Å². The molecule has 0 saturated carbocycles. The number of benzene rings is 1. The van der Waals surface area contributed by atoms with Gasteiger partial charge in [0.05, 0.1) is 29.8 Å². The first-order valence-corrected chi connectivity index (χ1v) is 11.2. The lowest BCUT2D eigenvalue weighted by Crippen LogP contribution is -2.19. The molecule has 1 aromatic carbocycles. The van der Waals surface area contributed by atoms with Crippen molar-refractivity contribution in [2.45, 2.75) is 40.4 Å². The first-order chi connectivity index (χ1) is 16.5. The van der Waals surface area contributed by atoms with Crippen LogP contribution in [0.2, 0.25) is 0 Å². The third-order valence-corrected chi connectivity index (χ3v) is 5.81. The molecule has 0 spiro atoms. The Balaban J connectivity index is 1.32. The highest BCUT2D eigenvalue weighted by Crippen LogP contribution is 2.29. The van der Waals surface area contributed by atoms with E-state index < -0.39 is 0 Å². The standard InChI is InChI=1S/C25H26N8O/c1-4-31-13-20(17(2)29-31)14-32-15-21(12-27-32)28-23(34)16-33-25-24(18(3)30-33)22(10-11-26-25)19-8-6-5-7-9-19/h5-13,15H,4,14,16H2,1-3H3,(H,28,34). The monoisotopic (exact) mass is 454 g/mol. The number of nitrogens with one attached hydrogen (secondary N) is 1. The number of fused-ring (bicyclic) bond motifs is 1. The molecule has 4 heterocycles. The molecule has 1 amide bonds. The molecule has 5 aromatic rings. The van der Waals surface area contributed by atoms with E-state index in [1.54, 1.807) is 21.8 Å². The van der Waals surface area contributed by atoms with E-state index in [9.17, 15) is 4.79 Å². The molecule has 0 aliphatic carbocycles. The molecule has 0 fully saturated rings. The second-order valence-corrected chi connectivity index (χ2v) is 8.24. The lowest BCUT2D eigenvalue weighted by molar-refractivity contribution is -0.116. The van der Waals surface area contributed by atoms with Crippen LogP contribution in [0, 0.1) is 13.8 Å². The third-order valence-electron chi connectivity index (χ3n) is 5.81. The summed E-state index contributed by atoms with van der Waals surface area (Å²) in [4.78, 5) is 17.3. The molecular weight excluding hydrogens is 428 g/mol. The zero-order valence-electron chi connectivity index (χ0n) is 19.4. The SMILES string of the molecule is CCn1cc(Cn2cc(NC(=O)Cn3nc(C)c4c(-c5ccccc5)ccnc43)cn2)c(C)n1. The maximum Gasteiger partial charge on any atom is 0.246 e. The predicted molar refractivity (Wildman–Crippen MR) is 130 cm³/mol. The van der Waals surface area contributed by atoms with E-state index in [-0.39, 0.29) is 12.5 Å². The molecule has 172 valence electrons. The fourth-order valence-corrected chi connectivity index (χ4v) is 4.15. The summed E-state index contributed by atoms with van der Waals surface area (Å²) in [7, 11) is 0. The Morgan fingerprint density at radius 1 is 1.00 bits per heavy atom. The number of aryl methyl sites for hydroxylation is 3. The molecule has 0 atom stereocenters. The van der Waals surface area contributed by atoms with E-state index in [2.05, 4.69) is 44.7 Å². The molecule has 4 aromatic heterocycles. The molecule has 1 N–H and O–H groups in total. The minimum Gasteiger partial charge on any atom is -0.322 e. The smallest absolute Gasteiger partial charge is 0.246 e. The first-order valence-electron chi connectivity index (χ1n) is 11.2. The second-order valence-electron chi connectivity index (χ2n) is 8.24. The van der Waals surface area contributed by atoms with Crippen molar-refractivity contribution in [3.63, 3.8) is 0 Å². The number of aromatic nitrogens is 7. The number of amides is 1. The van der Waals surface area contributed by atoms with E-state index in [0.717, 1.165) is 40.0 Å². The van der Waals surface area contributed by atoms with Crippen LogP contribution < -0.4 is 5.32 Å². The van der Waals surface area contributed by atoms with Crippen LogP contribution in [0.25, 0.3) is 22.2 Å². The van der Waals surface area contributed by atoms with Gasteiger partial charge in [-0.1, -0.05) is 30.3 Å². The topological polar surface area (TPSA) is 95.5 Å². The highest BCUT2D eigenvalue weighted by molar-refractivity contribution is 5.96. The number of anilines is 1. The largest absolute Gasteiger partial charge is 0.322 e. The molecule has 0 bridgehead atoms. The van der Waals surface area contributed by atoms with Gasteiger partial charge in [-0.05, 0) is 38.0 Å². The Bertz CT molecular complexity index is 1460. The number of nitrogens with zero attached hydrogens (tertiary/aromatic N) is 7. The molecule has 34 heavy (non-hydrogen) atoms. The summed E-state index contributed by atoms with van der Waals surface area (Å²) >= 11 is 0. The van der Waals surface area contributed by atoms with Gasteiger partial charge in [0.1, 0.15) is 6.54 Å². The van der Waals surface area contributed by atoms with Gasteiger partial charge in [0.25, 0.3) is 0 Å². The summed E-state index contributed by atoms with van der Waals surface area (Å²) < 4.78 is 5.35. The fraction of sp³-hybridized carbons (Fsp3) is 0.240. The van der Waals surface area contributed by atoms with Crippen molar-refractivity contribution in [2.75, 3.05) is 5.32 Å². The number of hydrogen-bond acceptors (Lipinski definition) is 5. The Labute approximate surface area is 197 Å². The average Bonchev–Trinajstić information content (AvgIpc) is 3.52. The third kappa shape index (κ3) is 4.19. The van der Waals surface area contributed by atoms with Gasteiger partial charge >= 0.3 is 0 Å². The molecular formula is C25H26N8O. The summed E-state index contributed by atoms with van der Waals surface area (Å²) in [5.41, 5.74) is 6.38. The zero-order chi connectivity index (χ0) is 23.7. The van der Waals surface area contributed by atoms with Gasteiger partial charge < -0.3 is 5.32 Å². The normalized spacial score (nSPS) is 11.3. The minimum atomic E-state index is -0.189. The molecule has 9 nitrogen and oxygen atoms in total. The lowest BCUT2D eigenvalue weighted by Gasteiger charge is -2.06. The minimum absolute atomic E-state index is 0.0587. The number of carbonyl (C=O) groups excluding carboxylic acids is 1. The summed E-state index contributed by atoms with van der Waals surface area (Å²) in [6, 6.07) is 12.1. The molecule has 0 aliphatic heterocycles. The molecule has 0 saturated heterocycles. The Hall–Kier alpha value is -4.27. The highest BCUT2D eigenvalue weighted by Gasteiger charge is 2.16. The zero-order valence-corrected chi connectivity index (χ0v) is 19.4. The van der Waals surface area contributed by atoms with Gasteiger partial charge in [0, 0.05) is 36.1 Å². The Morgan fingerprint density at radius 2 is 1.82 bits per heavy atom. The average molecular weight is 455 g/mol. The van der Waals surface area contributed by atoms with Crippen molar-refractivity contribution >= 4 is 22.6 Å². The van der Waals surface area contributed by atoms with Gasteiger partial charge in [-0.2, -0.15) is 15.3 Å². The number of rotatable bonds is 7. The summed E-state index contributed by atoms with van der Waals surface area (Å²) in [6.45, 7) is 7.46. The van der Waals surface area contributed by atoms with E-state index in [1.807, 2.05) is 55.2 Å². The Kier molecular flexibility index (Phi) is 5.67. The summed E-state index contributed by atoms with van der Waals surface area (Å²) in [5, 5.41) is 17.3. The van der Waals surface area contributed by atoms with E-state index in [0.29, 0.717) is 17.9 Å². The van der Waals surface area contributed by atoms with Crippen molar-refractivity contribution in [2.24, 2.45) is 0 Å². The maximum atomic E-state index is 12.8. The first kappa shape index (κ1) is 21.6. The van der Waals surface area contributed by atoms with Crippen LogP contribution in [0.1, 0.15) is 23.9 Å². The van der Waals surface area contributed by atoms with Crippen molar-refractivity contribution in [3.05, 3.63) is 78.1 Å². The Morgan fingerprint density at radius 3 is 2.59 bits per heavy atom. The van der Waals surface area contributed by atoms with Gasteiger partial charge in [0.2, 0.25) is 5.91 Å². The van der Waals surface area contributed by atoms with Crippen LogP contribution in [0.15, 0.2) is 61.2 Å². The van der Waals surface area contributed by atoms with E-state index in [1.165, 1.54) is 0 Å². The quantitative estimate of drug-likeness (QED) is 0.403. The van der Waals surface area contributed by atoms with Crippen molar-refractivity contribution in [1.29, 1.82) is 0 Å². The highest BCUT2D eigenvalue weighted by atomic mass is 16.2. The number of pyridine rings is 1. The van der Waals surface area contributed by atoms with Crippen LogP contribution in [-0.4, -0.2) is 40.2 Å². The molecule has 0 aliphatic rings. The number of carbonyl (C=O) groups is 1. The lowest BCUT2D eigenvalue weighted by atomic mass is 10.0. The fourth-order valence-electron chi connectivity index (χ4n) is 4.15. The van der Waals surface area contributed by atoms with Gasteiger partial charge in [0.15, 0.2) is 5.65 Å². The van der Waals surface area contributed by atoms with E-state index in [4.69, 9.17) is 0 Å². The summed E-state index contributed by atoms with van der Waals surface area (Å²) in [6.07, 6.45) is 7.25.